The number of primary amides is 1. The summed E-state index contributed by atoms with van der Waals surface area (Å²) in [6, 6.07) is -8.23. The molecule has 0 aromatic carbocycles. The van der Waals surface area contributed by atoms with Crippen LogP contribution in [-0.2, 0) is 43.2 Å². The number of Topliss-reactive ketones (excluding diaryl/α,β-unsaturated/α-hetero) is 1. The second-order valence-electron chi connectivity index (χ2n) is 12.2. The van der Waals surface area contributed by atoms with E-state index in [-0.39, 0.29) is 5.92 Å². The van der Waals surface area contributed by atoms with Crippen molar-refractivity contribution in [2.75, 3.05) is 0 Å². The molecular weight excluding hydrogens is 634 g/mol. The maximum atomic E-state index is 13.0. The van der Waals surface area contributed by atoms with Crippen LogP contribution in [0.5, 0.6) is 0 Å². The summed E-state index contributed by atoms with van der Waals surface area (Å²) in [6.07, 6.45) is 1.22. The Balaban J connectivity index is 2.89. The van der Waals surface area contributed by atoms with Crippen molar-refractivity contribution < 1.29 is 53.4 Å². The van der Waals surface area contributed by atoms with E-state index in [2.05, 4.69) is 26.6 Å². The van der Waals surface area contributed by atoms with Gasteiger partial charge in [0, 0.05) is 6.92 Å². The Morgan fingerprint density at radius 3 is 1.75 bits per heavy atom. The number of ketones is 1. The Hall–Kier alpha value is -4.61. The molecule has 18 nitrogen and oxygen atoms in total. The lowest BCUT2D eigenvalue weighted by molar-refractivity contribution is -0.144. The summed E-state index contributed by atoms with van der Waals surface area (Å²) in [5.41, 5.74) is 5.33. The fourth-order valence-electron chi connectivity index (χ4n) is 5.12. The van der Waals surface area contributed by atoms with Gasteiger partial charge in [0.05, 0.1) is 18.6 Å². The minimum absolute atomic E-state index is 0.154. The molecule has 0 unspecified atom stereocenters. The van der Waals surface area contributed by atoms with Gasteiger partial charge < -0.3 is 47.8 Å². The Kier molecular flexibility index (Phi) is 16.6. The predicted molar refractivity (Wildman–Crippen MR) is 168 cm³/mol. The van der Waals surface area contributed by atoms with Gasteiger partial charge in [0.2, 0.25) is 41.2 Å². The minimum Gasteiger partial charge on any atom is -0.481 e. The van der Waals surface area contributed by atoms with Crippen LogP contribution in [0.2, 0.25) is 0 Å². The summed E-state index contributed by atoms with van der Waals surface area (Å²) in [5, 5.41) is 33.3. The molecule has 7 amide bonds. The van der Waals surface area contributed by atoms with E-state index in [1.165, 1.54) is 20.8 Å². The van der Waals surface area contributed by atoms with E-state index in [1.54, 1.807) is 13.8 Å². The van der Waals surface area contributed by atoms with Gasteiger partial charge in [-0.1, -0.05) is 33.1 Å². The van der Waals surface area contributed by atoms with Crippen molar-refractivity contribution in [3.05, 3.63) is 0 Å². The second-order valence-corrected chi connectivity index (χ2v) is 12.2. The van der Waals surface area contributed by atoms with Crippen LogP contribution in [-0.4, -0.2) is 106 Å². The third-order valence-electron chi connectivity index (χ3n) is 8.12. The molecule has 0 aliphatic heterocycles. The normalized spacial score (nSPS) is 17.9. The standard InChI is InChI=1S/C30H49N7O11/c1-7-13(2)21(25(31)43)36-27(45)19(12-20(40)41)35-30(48)24(42)14(3)32-26(44)15(4)33-28(46)22(16(5)38)37-29(47)23(34-17(6)39)18-10-8-9-11-18/h13-16,18-19,21-23,38H,7-12H2,1-6H3,(H2,31,43)(H,32,44)(H,33,46)(H,34,39)(H,35,48)(H,36,45)(H,37,47)(H,40,41)/t13-,14-,15-,16+,19-,21-,22-,23-/m0/s1. The van der Waals surface area contributed by atoms with E-state index in [0.717, 1.165) is 19.8 Å². The number of aliphatic carboxylic acids is 1. The fourth-order valence-corrected chi connectivity index (χ4v) is 5.12. The number of aliphatic hydroxyl groups is 1. The monoisotopic (exact) mass is 683 g/mol. The van der Waals surface area contributed by atoms with Crippen LogP contribution < -0.4 is 37.6 Å². The van der Waals surface area contributed by atoms with Gasteiger partial charge in [-0.25, -0.2) is 0 Å². The lowest BCUT2D eigenvalue weighted by atomic mass is 9.96. The number of hydrogen-bond donors (Lipinski definition) is 9. The summed E-state index contributed by atoms with van der Waals surface area (Å²) >= 11 is 0. The molecule has 1 fully saturated rings. The first kappa shape index (κ1) is 41.4. The molecule has 1 saturated carbocycles. The molecule has 0 aromatic rings. The van der Waals surface area contributed by atoms with E-state index < -0.39 is 108 Å². The van der Waals surface area contributed by atoms with Gasteiger partial charge in [-0.2, -0.15) is 0 Å². The largest absolute Gasteiger partial charge is 0.481 e. The molecule has 8 atom stereocenters. The number of carbonyl (C=O) groups is 9. The van der Waals surface area contributed by atoms with Gasteiger partial charge in [-0.05, 0) is 45.4 Å². The molecule has 0 bridgehead atoms. The molecule has 18 heteroatoms. The first-order valence-electron chi connectivity index (χ1n) is 15.8. The van der Waals surface area contributed by atoms with E-state index in [0.29, 0.717) is 19.3 Å². The van der Waals surface area contributed by atoms with E-state index in [9.17, 15) is 53.4 Å². The highest BCUT2D eigenvalue weighted by molar-refractivity contribution is 6.38. The number of nitrogens with two attached hydrogens (primary N) is 1. The quantitative estimate of drug-likeness (QED) is 0.0622. The summed E-state index contributed by atoms with van der Waals surface area (Å²) in [6.45, 7) is 8.23. The molecular formula is C30H49N7O11. The van der Waals surface area contributed by atoms with Crippen molar-refractivity contribution in [2.45, 2.75) is 122 Å². The van der Waals surface area contributed by atoms with Crippen molar-refractivity contribution in [3.63, 3.8) is 0 Å². The maximum absolute atomic E-state index is 13.0. The molecule has 0 heterocycles. The molecule has 0 saturated heterocycles. The van der Waals surface area contributed by atoms with Gasteiger partial charge in [0.15, 0.2) is 0 Å². The van der Waals surface area contributed by atoms with Crippen LogP contribution in [0.1, 0.15) is 80.1 Å². The van der Waals surface area contributed by atoms with Gasteiger partial charge in [-0.15, -0.1) is 0 Å². The SMILES string of the molecule is CC[C@H](C)[C@H](NC(=O)[C@H](CC(=O)O)NC(=O)C(=O)[C@H](C)NC(=O)[C@H](C)NC(=O)[C@@H](NC(=O)[C@@H](NC(C)=O)C1CCCC1)[C@@H](C)O)C(N)=O. The fraction of sp³-hybridized carbons (Fsp3) is 0.700. The number of carboxylic acid groups (broad SMARTS) is 1. The third kappa shape index (κ3) is 12.9. The Morgan fingerprint density at radius 2 is 1.27 bits per heavy atom. The van der Waals surface area contributed by atoms with E-state index in [1.807, 2.05) is 5.32 Å². The van der Waals surface area contributed by atoms with Crippen LogP contribution in [0.15, 0.2) is 0 Å². The zero-order chi connectivity index (χ0) is 36.9. The smallest absolute Gasteiger partial charge is 0.305 e. The topological polar surface area (TPSA) is 292 Å². The highest BCUT2D eigenvalue weighted by Crippen LogP contribution is 2.28. The molecule has 270 valence electrons. The number of aliphatic hydroxyl groups excluding tert-OH is 1. The number of amides is 7. The summed E-state index contributed by atoms with van der Waals surface area (Å²) in [7, 11) is 0. The van der Waals surface area contributed by atoms with Crippen molar-refractivity contribution in [3.8, 4) is 0 Å². The van der Waals surface area contributed by atoms with E-state index in [4.69, 9.17) is 5.73 Å². The highest BCUT2D eigenvalue weighted by Gasteiger charge is 2.36. The molecule has 1 aliphatic rings. The average molecular weight is 684 g/mol. The molecule has 10 N–H and O–H groups in total. The molecule has 0 radical (unpaired) electrons. The predicted octanol–water partition coefficient (Wildman–Crippen LogP) is -2.90. The Morgan fingerprint density at radius 1 is 0.729 bits per heavy atom. The number of hydrogen-bond acceptors (Lipinski definition) is 10. The molecule has 48 heavy (non-hydrogen) atoms. The summed E-state index contributed by atoms with van der Waals surface area (Å²) < 4.78 is 0. The number of carboxylic acids is 1. The van der Waals surface area contributed by atoms with Crippen LogP contribution in [0, 0.1) is 11.8 Å². The molecule has 0 spiro atoms. The first-order chi connectivity index (χ1) is 22.3. The van der Waals surface area contributed by atoms with Crippen LogP contribution in [0.4, 0.5) is 0 Å². The van der Waals surface area contributed by atoms with Gasteiger partial charge in [0.1, 0.15) is 30.2 Å². The third-order valence-corrected chi connectivity index (χ3v) is 8.12. The summed E-state index contributed by atoms with van der Waals surface area (Å²) in [4.78, 5) is 112. The minimum atomic E-state index is -1.77. The van der Waals surface area contributed by atoms with Crippen molar-refractivity contribution in [1.82, 2.24) is 31.9 Å². The second kappa shape index (κ2) is 19.3. The molecule has 1 aliphatic carbocycles. The number of carbonyl (C=O) groups excluding carboxylic acids is 8. The Labute approximate surface area is 278 Å². The average Bonchev–Trinajstić information content (AvgIpc) is 3.53. The first-order valence-corrected chi connectivity index (χ1v) is 15.8. The maximum Gasteiger partial charge on any atom is 0.305 e. The lowest BCUT2D eigenvalue weighted by Gasteiger charge is -2.28. The summed E-state index contributed by atoms with van der Waals surface area (Å²) in [5.74, 6) is -9.70. The number of nitrogens with one attached hydrogen (secondary N) is 6. The van der Waals surface area contributed by atoms with Crippen molar-refractivity contribution in [1.29, 1.82) is 0 Å². The van der Waals surface area contributed by atoms with Gasteiger partial charge >= 0.3 is 5.97 Å². The zero-order valence-corrected chi connectivity index (χ0v) is 28.1. The highest BCUT2D eigenvalue weighted by atomic mass is 16.4. The van der Waals surface area contributed by atoms with E-state index >= 15 is 0 Å². The van der Waals surface area contributed by atoms with Gasteiger partial charge in [0.25, 0.3) is 5.91 Å². The lowest BCUT2D eigenvalue weighted by Crippen LogP contribution is -2.61. The van der Waals surface area contributed by atoms with Crippen LogP contribution in [0.25, 0.3) is 0 Å². The Bertz CT molecular complexity index is 1240. The molecule has 1 rings (SSSR count). The van der Waals surface area contributed by atoms with Crippen LogP contribution >= 0.6 is 0 Å². The van der Waals surface area contributed by atoms with Crippen LogP contribution in [0.3, 0.4) is 0 Å². The molecule has 0 aromatic heterocycles. The number of rotatable bonds is 19. The van der Waals surface area contributed by atoms with Gasteiger partial charge in [-0.3, -0.25) is 43.2 Å². The van der Waals surface area contributed by atoms with Crippen molar-refractivity contribution >= 4 is 53.1 Å². The van der Waals surface area contributed by atoms with Crippen molar-refractivity contribution in [2.24, 2.45) is 17.6 Å². The zero-order valence-electron chi connectivity index (χ0n) is 28.1.